The average molecular weight is 354 g/mol. The average Bonchev–Trinajstić information content (AvgIpc) is 2.68. The third kappa shape index (κ3) is 4.84. The van der Waals surface area contributed by atoms with Crippen LogP contribution < -0.4 is 0 Å². The number of amides is 1. The predicted octanol–water partition coefficient (Wildman–Crippen LogP) is 2.47. The van der Waals surface area contributed by atoms with Crippen molar-refractivity contribution in [1.82, 2.24) is 14.7 Å². The lowest BCUT2D eigenvalue weighted by Crippen LogP contribution is -2.48. The van der Waals surface area contributed by atoms with Gasteiger partial charge in [-0.3, -0.25) is 9.69 Å². The van der Waals surface area contributed by atoms with Crippen molar-refractivity contribution in [2.45, 2.75) is 44.7 Å². The number of carbonyl (C=O) groups excluding carboxylic acids is 1. The first kappa shape index (κ1) is 18.9. The fourth-order valence-corrected chi connectivity index (χ4v) is 4.12. The van der Waals surface area contributed by atoms with E-state index in [0.717, 1.165) is 50.3 Å². The van der Waals surface area contributed by atoms with Gasteiger partial charge >= 0.3 is 0 Å². The molecule has 5 nitrogen and oxygen atoms in total. The Hall–Kier alpha value is -1.90. The van der Waals surface area contributed by atoms with E-state index < -0.39 is 0 Å². The van der Waals surface area contributed by atoms with Crippen molar-refractivity contribution in [3.8, 4) is 6.07 Å². The fourth-order valence-electron chi connectivity index (χ4n) is 4.12. The van der Waals surface area contributed by atoms with Crippen LogP contribution in [0.2, 0.25) is 0 Å². The molecule has 26 heavy (non-hydrogen) atoms. The summed E-state index contributed by atoms with van der Waals surface area (Å²) in [5, 5.41) is 9.22. The Morgan fingerprint density at radius 1 is 1.15 bits per heavy atom. The maximum Gasteiger partial charge on any atom is 0.222 e. The van der Waals surface area contributed by atoms with Crippen LogP contribution in [0, 0.1) is 11.3 Å². The van der Waals surface area contributed by atoms with Gasteiger partial charge in [-0.15, -0.1) is 0 Å². The Morgan fingerprint density at radius 3 is 2.65 bits per heavy atom. The van der Waals surface area contributed by atoms with E-state index in [0.29, 0.717) is 18.4 Å². The summed E-state index contributed by atoms with van der Waals surface area (Å²) in [5.74, 6) is 0.307. The lowest BCUT2D eigenvalue weighted by atomic mass is 9.98. The van der Waals surface area contributed by atoms with Crippen molar-refractivity contribution in [3.05, 3.63) is 35.4 Å². The van der Waals surface area contributed by atoms with Crippen LogP contribution in [0.25, 0.3) is 0 Å². The number of nitriles is 1. The van der Waals surface area contributed by atoms with Crippen molar-refractivity contribution >= 4 is 5.91 Å². The van der Waals surface area contributed by atoms with Crippen LogP contribution in [-0.2, 0) is 11.3 Å². The van der Waals surface area contributed by atoms with Gasteiger partial charge in [-0.05, 0) is 44.5 Å². The van der Waals surface area contributed by atoms with Crippen LogP contribution in [0.5, 0.6) is 0 Å². The maximum atomic E-state index is 12.6. The second-order valence-corrected chi connectivity index (χ2v) is 7.59. The quantitative estimate of drug-likeness (QED) is 0.815. The first-order chi connectivity index (χ1) is 12.7. The topological polar surface area (TPSA) is 50.6 Å². The van der Waals surface area contributed by atoms with Crippen LogP contribution >= 0.6 is 0 Å². The third-order valence-electron chi connectivity index (χ3n) is 5.87. The van der Waals surface area contributed by atoms with E-state index in [1.54, 1.807) is 0 Å². The smallest absolute Gasteiger partial charge is 0.222 e. The second kappa shape index (κ2) is 9.16. The largest absolute Gasteiger partial charge is 0.340 e. The number of hydrogen-bond donors (Lipinski definition) is 0. The Kier molecular flexibility index (Phi) is 6.65. The number of piperazine rings is 1. The molecule has 0 aromatic heterocycles. The summed E-state index contributed by atoms with van der Waals surface area (Å²) in [4.78, 5) is 19.3. The zero-order valence-electron chi connectivity index (χ0n) is 15.9. The molecule has 0 aliphatic carbocycles. The SMILES string of the molecule is CN1CCCC[C@@H]1CCC(=O)N1CCN(Cc2ccccc2C#N)CC1. The van der Waals surface area contributed by atoms with E-state index in [-0.39, 0.29) is 0 Å². The standard InChI is InChI=1S/C21H30N4O/c1-23-11-5-4-8-20(23)9-10-21(26)25-14-12-24(13-15-25)17-19-7-3-2-6-18(19)16-22/h2-3,6-7,20H,4-5,8-15,17H2,1H3/t20-/m1/s1. The molecule has 2 aliphatic heterocycles. The van der Waals surface area contributed by atoms with Gasteiger partial charge in [0.1, 0.15) is 0 Å². The molecule has 2 saturated heterocycles. The van der Waals surface area contributed by atoms with Gasteiger partial charge in [0.05, 0.1) is 11.6 Å². The zero-order chi connectivity index (χ0) is 18.4. The molecule has 5 heteroatoms. The summed E-state index contributed by atoms with van der Waals surface area (Å²) in [7, 11) is 2.19. The molecule has 2 aliphatic rings. The number of rotatable bonds is 5. The summed E-state index contributed by atoms with van der Waals surface area (Å²) in [6, 6.07) is 10.6. The van der Waals surface area contributed by atoms with Crippen molar-refractivity contribution in [2.75, 3.05) is 39.8 Å². The van der Waals surface area contributed by atoms with Crippen LogP contribution in [0.1, 0.15) is 43.2 Å². The highest BCUT2D eigenvalue weighted by Crippen LogP contribution is 2.20. The zero-order valence-corrected chi connectivity index (χ0v) is 15.9. The van der Waals surface area contributed by atoms with Crippen LogP contribution in [-0.4, -0.2) is 66.4 Å². The highest BCUT2D eigenvalue weighted by Gasteiger charge is 2.24. The molecule has 1 amide bonds. The molecule has 1 aromatic carbocycles. The minimum Gasteiger partial charge on any atom is -0.340 e. The molecule has 2 heterocycles. The first-order valence-electron chi connectivity index (χ1n) is 9.86. The van der Waals surface area contributed by atoms with Gasteiger partial charge in [-0.1, -0.05) is 24.6 Å². The van der Waals surface area contributed by atoms with Crippen molar-refractivity contribution < 1.29 is 4.79 Å². The van der Waals surface area contributed by atoms with Gasteiger partial charge in [0.2, 0.25) is 5.91 Å². The molecule has 0 unspecified atom stereocenters. The molecule has 0 spiro atoms. The Labute approximate surface area is 157 Å². The molecule has 3 rings (SSSR count). The molecule has 2 fully saturated rings. The number of likely N-dealkylation sites (tertiary alicyclic amines) is 1. The van der Waals surface area contributed by atoms with E-state index >= 15 is 0 Å². The number of nitrogens with zero attached hydrogens (tertiary/aromatic N) is 4. The summed E-state index contributed by atoms with van der Waals surface area (Å²) in [6.45, 7) is 5.33. The minimum absolute atomic E-state index is 0.307. The number of piperidine rings is 1. The summed E-state index contributed by atoms with van der Waals surface area (Å²) < 4.78 is 0. The predicted molar refractivity (Wildman–Crippen MR) is 103 cm³/mol. The van der Waals surface area contributed by atoms with Gasteiger partial charge in [0.15, 0.2) is 0 Å². The number of benzene rings is 1. The Morgan fingerprint density at radius 2 is 1.92 bits per heavy atom. The van der Waals surface area contributed by atoms with Gasteiger partial charge in [0, 0.05) is 45.2 Å². The molecule has 0 N–H and O–H groups in total. The molecule has 0 radical (unpaired) electrons. The molecular formula is C21H30N4O. The van der Waals surface area contributed by atoms with Gasteiger partial charge < -0.3 is 9.80 Å². The van der Waals surface area contributed by atoms with Crippen LogP contribution in [0.3, 0.4) is 0 Å². The highest BCUT2D eigenvalue weighted by atomic mass is 16.2. The van der Waals surface area contributed by atoms with Gasteiger partial charge in [-0.2, -0.15) is 5.26 Å². The number of carbonyl (C=O) groups is 1. The number of hydrogen-bond acceptors (Lipinski definition) is 4. The van der Waals surface area contributed by atoms with E-state index in [9.17, 15) is 10.1 Å². The molecule has 1 aromatic rings. The van der Waals surface area contributed by atoms with Crippen molar-refractivity contribution in [1.29, 1.82) is 5.26 Å². The van der Waals surface area contributed by atoms with E-state index in [1.807, 2.05) is 29.2 Å². The van der Waals surface area contributed by atoms with E-state index in [1.165, 1.54) is 25.8 Å². The third-order valence-corrected chi connectivity index (χ3v) is 5.87. The Balaban J connectivity index is 1.43. The molecule has 0 saturated carbocycles. The second-order valence-electron chi connectivity index (χ2n) is 7.59. The minimum atomic E-state index is 0.307. The van der Waals surface area contributed by atoms with E-state index in [2.05, 4.69) is 22.9 Å². The van der Waals surface area contributed by atoms with Crippen molar-refractivity contribution in [2.24, 2.45) is 0 Å². The normalized spacial score (nSPS) is 22.2. The summed E-state index contributed by atoms with van der Waals surface area (Å²) in [6.07, 6.45) is 5.48. The van der Waals surface area contributed by atoms with Crippen LogP contribution in [0.15, 0.2) is 24.3 Å². The summed E-state index contributed by atoms with van der Waals surface area (Å²) >= 11 is 0. The maximum absolute atomic E-state index is 12.6. The Bertz CT molecular complexity index is 646. The van der Waals surface area contributed by atoms with Gasteiger partial charge in [0.25, 0.3) is 0 Å². The van der Waals surface area contributed by atoms with Crippen molar-refractivity contribution in [3.63, 3.8) is 0 Å². The highest BCUT2D eigenvalue weighted by molar-refractivity contribution is 5.76. The molecule has 0 bridgehead atoms. The van der Waals surface area contributed by atoms with E-state index in [4.69, 9.17) is 0 Å². The lowest BCUT2D eigenvalue weighted by Gasteiger charge is -2.36. The lowest BCUT2D eigenvalue weighted by molar-refractivity contribution is -0.133. The summed E-state index contributed by atoms with van der Waals surface area (Å²) in [5.41, 5.74) is 1.83. The monoisotopic (exact) mass is 354 g/mol. The molecular weight excluding hydrogens is 324 g/mol. The molecule has 1 atom stereocenters. The van der Waals surface area contributed by atoms with Gasteiger partial charge in [-0.25, -0.2) is 0 Å². The fraction of sp³-hybridized carbons (Fsp3) is 0.619. The first-order valence-corrected chi connectivity index (χ1v) is 9.86. The van der Waals surface area contributed by atoms with Crippen LogP contribution in [0.4, 0.5) is 0 Å². The molecule has 140 valence electrons.